The number of pyridine rings is 1. The first-order valence-corrected chi connectivity index (χ1v) is 11.4. The highest BCUT2D eigenvalue weighted by atomic mass is 35.5. The molecule has 28 heavy (non-hydrogen) atoms. The quantitative estimate of drug-likeness (QED) is 0.396. The molecule has 0 N–H and O–H groups in total. The molecule has 0 saturated heterocycles. The summed E-state index contributed by atoms with van der Waals surface area (Å²) >= 11 is 7.05. The molecule has 0 aliphatic rings. The van der Waals surface area contributed by atoms with Crippen LogP contribution in [0, 0.1) is 0 Å². The smallest absolute Gasteiger partial charge is 0.244 e. The second-order valence-corrected chi connectivity index (χ2v) is 9.20. The minimum atomic E-state index is -3.60. The highest BCUT2D eigenvalue weighted by Crippen LogP contribution is 2.22. The topological polar surface area (TPSA) is 84.6 Å². The standard InChI is InChI=1S/C18H19ClN4O3S2/c1-3-22(4-2)28(25,26)15-9-10-17-20-21-18(23(17)11-15)27-12-16(24)13-5-7-14(19)8-6-13/h5-11H,3-4,12H2,1-2H3. The van der Waals surface area contributed by atoms with Crippen molar-refractivity contribution >= 4 is 44.8 Å². The van der Waals surface area contributed by atoms with Crippen LogP contribution in [0.3, 0.4) is 0 Å². The van der Waals surface area contributed by atoms with Gasteiger partial charge in [0.15, 0.2) is 16.6 Å². The average molecular weight is 439 g/mol. The van der Waals surface area contributed by atoms with Crippen LogP contribution in [0.15, 0.2) is 52.6 Å². The summed E-state index contributed by atoms with van der Waals surface area (Å²) in [5.74, 6) is 0.0699. The van der Waals surface area contributed by atoms with Crippen molar-refractivity contribution < 1.29 is 13.2 Å². The van der Waals surface area contributed by atoms with Crippen molar-refractivity contribution in [3.05, 3.63) is 53.2 Å². The fraction of sp³-hybridized carbons (Fsp3) is 0.278. The van der Waals surface area contributed by atoms with Crippen molar-refractivity contribution in [3.8, 4) is 0 Å². The van der Waals surface area contributed by atoms with Gasteiger partial charge in [-0.25, -0.2) is 8.42 Å². The van der Waals surface area contributed by atoms with Crippen molar-refractivity contribution in [2.75, 3.05) is 18.8 Å². The van der Waals surface area contributed by atoms with Gasteiger partial charge in [0.25, 0.3) is 0 Å². The first-order chi connectivity index (χ1) is 13.4. The number of thioether (sulfide) groups is 1. The zero-order valence-corrected chi connectivity index (χ0v) is 17.8. The van der Waals surface area contributed by atoms with Gasteiger partial charge in [0, 0.05) is 29.9 Å². The van der Waals surface area contributed by atoms with E-state index in [-0.39, 0.29) is 16.4 Å². The molecule has 0 saturated carbocycles. The van der Waals surface area contributed by atoms with E-state index in [4.69, 9.17) is 11.6 Å². The van der Waals surface area contributed by atoms with Crippen molar-refractivity contribution in [2.24, 2.45) is 0 Å². The maximum absolute atomic E-state index is 12.7. The number of carbonyl (C=O) groups is 1. The van der Waals surface area contributed by atoms with Gasteiger partial charge in [-0.2, -0.15) is 4.31 Å². The number of fused-ring (bicyclic) bond motifs is 1. The van der Waals surface area contributed by atoms with Crippen LogP contribution < -0.4 is 0 Å². The SMILES string of the molecule is CCN(CC)S(=O)(=O)c1ccc2nnc(SCC(=O)c3ccc(Cl)cc3)n2c1. The summed E-state index contributed by atoms with van der Waals surface area (Å²) < 4.78 is 28.5. The molecule has 0 amide bonds. The maximum Gasteiger partial charge on any atom is 0.244 e. The zero-order chi connectivity index (χ0) is 20.3. The first kappa shape index (κ1) is 20.8. The molecule has 10 heteroatoms. The number of ketones is 1. The number of benzene rings is 1. The van der Waals surface area contributed by atoms with Gasteiger partial charge < -0.3 is 0 Å². The van der Waals surface area contributed by atoms with E-state index >= 15 is 0 Å². The summed E-state index contributed by atoms with van der Waals surface area (Å²) in [7, 11) is -3.60. The Balaban J connectivity index is 1.84. The average Bonchev–Trinajstić information content (AvgIpc) is 3.09. The summed E-state index contributed by atoms with van der Waals surface area (Å²) in [5, 5.41) is 9.14. The third-order valence-corrected chi connectivity index (χ3v) is 7.41. The van der Waals surface area contributed by atoms with Gasteiger partial charge in [0.05, 0.1) is 10.6 Å². The highest BCUT2D eigenvalue weighted by molar-refractivity contribution is 7.99. The minimum Gasteiger partial charge on any atom is -0.293 e. The summed E-state index contributed by atoms with van der Waals surface area (Å²) in [5.41, 5.74) is 1.07. The van der Waals surface area contributed by atoms with Gasteiger partial charge in [0.2, 0.25) is 10.0 Å². The van der Waals surface area contributed by atoms with Crippen LogP contribution in [0.25, 0.3) is 5.65 Å². The Hall–Kier alpha value is -1.94. The number of rotatable bonds is 8. The summed E-state index contributed by atoms with van der Waals surface area (Å²) in [6.45, 7) is 4.36. The molecule has 148 valence electrons. The molecule has 0 unspecified atom stereocenters. The Morgan fingerprint density at radius 1 is 1.11 bits per heavy atom. The van der Waals surface area contributed by atoms with Crippen LogP contribution in [0.2, 0.25) is 5.02 Å². The van der Waals surface area contributed by atoms with Gasteiger partial charge in [-0.05, 0) is 36.4 Å². The van der Waals surface area contributed by atoms with Crippen molar-refractivity contribution in [1.82, 2.24) is 18.9 Å². The molecule has 0 aliphatic heterocycles. The first-order valence-electron chi connectivity index (χ1n) is 8.63. The predicted molar refractivity (Wildman–Crippen MR) is 110 cm³/mol. The Kier molecular flexibility index (Phi) is 6.39. The molecule has 7 nitrogen and oxygen atoms in total. The van der Waals surface area contributed by atoms with Crippen LogP contribution >= 0.6 is 23.4 Å². The van der Waals surface area contributed by atoms with Gasteiger partial charge >= 0.3 is 0 Å². The van der Waals surface area contributed by atoms with Crippen LogP contribution in [-0.2, 0) is 10.0 Å². The summed E-state index contributed by atoms with van der Waals surface area (Å²) in [6, 6.07) is 9.79. The summed E-state index contributed by atoms with van der Waals surface area (Å²) in [6.07, 6.45) is 1.50. The monoisotopic (exact) mass is 438 g/mol. The van der Waals surface area contributed by atoms with E-state index in [0.717, 1.165) is 0 Å². The van der Waals surface area contributed by atoms with Crippen LogP contribution in [0.5, 0.6) is 0 Å². The number of sulfonamides is 1. The second kappa shape index (κ2) is 8.60. The van der Waals surface area contributed by atoms with Crippen molar-refractivity contribution in [3.63, 3.8) is 0 Å². The molecule has 0 aliphatic carbocycles. The van der Waals surface area contributed by atoms with Gasteiger partial charge in [0.1, 0.15) is 0 Å². The molecule has 0 radical (unpaired) electrons. The lowest BCUT2D eigenvalue weighted by atomic mass is 10.1. The molecule has 3 rings (SSSR count). The molecule has 0 fully saturated rings. The van der Waals surface area contributed by atoms with Gasteiger partial charge in [-0.15, -0.1) is 10.2 Å². The number of carbonyl (C=O) groups excluding carboxylic acids is 1. The molecule has 0 spiro atoms. The van der Waals surface area contributed by atoms with Gasteiger partial charge in [-0.1, -0.05) is 37.2 Å². The van der Waals surface area contributed by atoms with Crippen LogP contribution in [0.4, 0.5) is 0 Å². The van der Waals surface area contributed by atoms with E-state index in [1.165, 1.54) is 28.3 Å². The molecule has 3 aromatic rings. The minimum absolute atomic E-state index is 0.0784. The molecule has 2 aromatic heterocycles. The Labute approximate surface area is 172 Å². The van der Waals surface area contributed by atoms with E-state index in [0.29, 0.717) is 34.5 Å². The number of hydrogen-bond acceptors (Lipinski definition) is 6. The van der Waals surface area contributed by atoms with Crippen LogP contribution in [-0.4, -0.2) is 51.9 Å². The highest BCUT2D eigenvalue weighted by Gasteiger charge is 2.23. The van der Waals surface area contributed by atoms with Crippen LogP contribution in [0.1, 0.15) is 24.2 Å². The van der Waals surface area contributed by atoms with Crippen molar-refractivity contribution in [1.29, 1.82) is 0 Å². The van der Waals surface area contributed by atoms with E-state index in [1.807, 2.05) is 0 Å². The third-order valence-electron chi connectivity index (χ3n) is 4.19. The summed E-state index contributed by atoms with van der Waals surface area (Å²) in [4.78, 5) is 12.5. The lowest BCUT2D eigenvalue weighted by Gasteiger charge is -2.18. The third kappa shape index (κ3) is 4.22. The maximum atomic E-state index is 12.7. The lowest BCUT2D eigenvalue weighted by molar-refractivity contribution is 0.102. The van der Waals surface area contributed by atoms with E-state index in [2.05, 4.69) is 10.2 Å². The predicted octanol–water partition coefficient (Wildman–Crippen LogP) is 3.39. The Morgan fingerprint density at radius 3 is 2.43 bits per heavy atom. The number of nitrogens with zero attached hydrogens (tertiary/aromatic N) is 4. The van der Waals surface area contributed by atoms with Gasteiger partial charge in [-0.3, -0.25) is 9.20 Å². The Bertz CT molecular complexity index is 1090. The fourth-order valence-corrected chi connectivity index (χ4v) is 5.06. The normalized spacial score (nSPS) is 12.0. The number of hydrogen-bond donors (Lipinski definition) is 0. The Morgan fingerprint density at radius 2 is 1.79 bits per heavy atom. The number of Topliss-reactive ketones (excluding diaryl/α,β-unsaturated/α-hetero) is 1. The number of aromatic nitrogens is 3. The van der Waals surface area contributed by atoms with E-state index in [9.17, 15) is 13.2 Å². The largest absolute Gasteiger partial charge is 0.293 e. The number of halogens is 1. The fourth-order valence-electron chi connectivity index (χ4n) is 2.66. The molecule has 0 atom stereocenters. The molecule has 1 aromatic carbocycles. The molecule has 0 bridgehead atoms. The molecule has 2 heterocycles. The second-order valence-electron chi connectivity index (χ2n) is 5.88. The lowest BCUT2D eigenvalue weighted by Crippen LogP contribution is -2.30. The van der Waals surface area contributed by atoms with E-state index in [1.54, 1.807) is 48.6 Å². The van der Waals surface area contributed by atoms with Crippen molar-refractivity contribution in [2.45, 2.75) is 23.9 Å². The zero-order valence-electron chi connectivity index (χ0n) is 15.4. The molecular formula is C18H19ClN4O3S2. The van der Waals surface area contributed by atoms with E-state index < -0.39 is 10.0 Å². The molecular weight excluding hydrogens is 420 g/mol.